The molecule has 1 aliphatic heterocycles. The molecule has 0 spiro atoms. The van der Waals surface area contributed by atoms with Crippen LogP contribution < -0.4 is 10.6 Å². The van der Waals surface area contributed by atoms with Gasteiger partial charge in [-0.3, -0.25) is 4.79 Å². The summed E-state index contributed by atoms with van der Waals surface area (Å²) in [5, 5.41) is 6.35. The molecule has 0 saturated carbocycles. The summed E-state index contributed by atoms with van der Waals surface area (Å²) in [5.74, 6) is 0.0671. The summed E-state index contributed by atoms with van der Waals surface area (Å²) in [4.78, 5) is 11.7. The second kappa shape index (κ2) is 8.45. The number of carbonyl (C=O) groups excluding carboxylic acids is 1. The van der Waals surface area contributed by atoms with Crippen molar-refractivity contribution in [2.75, 3.05) is 46.6 Å². The van der Waals surface area contributed by atoms with E-state index in [9.17, 15) is 4.79 Å². The first-order valence-corrected chi connectivity index (χ1v) is 6.76. The van der Waals surface area contributed by atoms with Gasteiger partial charge in [0.2, 0.25) is 5.91 Å². The van der Waals surface area contributed by atoms with E-state index in [4.69, 9.17) is 9.47 Å². The molecule has 0 aliphatic carbocycles. The van der Waals surface area contributed by atoms with Gasteiger partial charge in [-0.05, 0) is 32.9 Å². The number of amides is 1. The van der Waals surface area contributed by atoms with Crippen LogP contribution in [0.2, 0.25) is 0 Å². The predicted octanol–water partition coefficient (Wildman–Crippen LogP) is 0.545. The van der Waals surface area contributed by atoms with Gasteiger partial charge in [-0.1, -0.05) is 0 Å². The van der Waals surface area contributed by atoms with Crippen molar-refractivity contribution in [3.63, 3.8) is 0 Å². The van der Waals surface area contributed by atoms with Gasteiger partial charge in [0.1, 0.15) is 0 Å². The van der Waals surface area contributed by atoms with Gasteiger partial charge >= 0.3 is 0 Å². The fourth-order valence-electron chi connectivity index (χ4n) is 2.32. The van der Waals surface area contributed by atoms with Crippen LogP contribution in [0.15, 0.2) is 0 Å². The van der Waals surface area contributed by atoms with Crippen LogP contribution in [0.3, 0.4) is 0 Å². The Kier molecular flexibility index (Phi) is 7.23. The van der Waals surface area contributed by atoms with Gasteiger partial charge < -0.3 is 20.1 Å². The maximum Gasteiger partial charge on any atom is 0.222 e. The number of nitrogens with one attached hydrogen (secondary N) is 2. The Morgan fingerprint density at radius 3 is 2.72 bits per heavy atom. The number of ether oxygens (including phenoxy) is 2. The van der Waals surface area contributed by atoms with Gasteiger partial charge in [0.05, 0.1) is 13.2 Å². The summed E-state index contributed by atoms with van der Waals surface area (Å²) in [7, 11) is 1.72. The summed E-state index contributed by atoms with van der Waals surface area (Å²) in [5.41, 5.74) is 0.0985. The van der Waals surface area contributed by atoms with Crippen molar-refractivity contribution in [1.29, 1.82) is 0 Å². The third kappa shape index (κ3) is 5.33. The Morgan fingerprint density at radius 1 is 1.39 bits per heavy atom. The molecule has 1 saturated heterocycles. The first-order chi connectivity index (χ1) is 8.72. The van der Waals surface area contributed by atoms with Crippen molar-refractivity contribution in [2.24, 2.45) is 5.41 Å². The molecule has 0 aromatic heterocycles. The van der Waals surface area contributed by atoms with Crippen molar-refractivity contribution in [1.82, 2.24) is 10.6 Å². The molecule has 1 aliphatic rings. The zero-order chi connectivity index (χ0) is 13.3. The van der Waals surface area contributed by atoms with Crippen LogP contribution in [0.25, 0.3) is 0 Å². The van der Waals surface area contributed by atoms with Crippen LogP contribution in [-0.4, -0.2) is 52.5 Å². The summed E-state index contributed by atoms with van der Waals surface area (Å²) < 4.78 is 10.5. The van der Waals surface area contributed by atoms with Crippen LogP contribution >= 0.6 is 0 Å². The van der Waals surface area contributed by atoms with E-state index in [2.05, 4.69) is 10.6 Å². The minimum atomic E-state index is 0.0671. The molecule has 5 heteroatoms. The van der Waals surface area contributed by atoms with Gasteiger partial charge in [-0.25, -0.2) is 0 Å². The number of hydrogen-bond acceptors (Lipinski definition) is 4. The first kappa shape index (κ1) is 15.4. The first-order valence-electron chi connectivity index (χ1n) is 6.76. The molecular formula is C13H26N2O3. The summed E-state index contributed by atoms with van der Waals surface area (Å²) in [6, 6.07) is 0. The van der Waals surface area contributed by atoms with Crippen LogP contribution in [0.1, 0.15) is 26.2 Å². The van der Waals surface area contributed by atoms with Gasteiger partial charge in [0.25, 0.3) is 0 Å². The van der Waals surface area contributed by atoms with Gasteiger partial charge in [0.15, 0.2) is 0 Å². The molecule has 0 radical (unpaired) electrons. The molecule has 0 aromatic carbocycles. The maximum atomic E-state index is 11.7. The van der Waals surface area contributed by atoms with E-state index in [1.54, 1.807) is 7.11 Å². The molecule has 18 heavy (non-hydrogen) atoms. The van der Waals surface area contributed by atoms with Crippen LogP contribution in [-0.2, 0) is 14.3 Å². The number of rotatable bonds is 8. The molecule has 0 aromatic rings. The molecule has 1 heterocycles. The van der Waals surface area contributed by atoms with Gasteiger partial charge in [-0.2, -0.15) is 0 Å². The van der Waals surface area contributed by atoms with Crippen molar-refractivity contribution in [3.8, 4) is 0 Å². The Balaban J connectivity index is 2.30. The van der Waals surface area contributed by atoms with E-state index in [-0.39, 0.29) is 11.3 Å². The second-order valence-corrected chi connectivity index (χ2v) is 4.91. The van der Waals surface area contributed by atoms with E-state index in [1.807, 2.05) is 6.92 Å². The minimum absolute atomic E-state index is 0.0671. The Labute approximate surface area is 110 Å². The third-order valence-corrected chi connectivity index (χ3v) is 3.45. The lowest BCUT2D eigenvalue weighted by Gasteiger charge is -2.37. The molecule has 5 nitrogen and oxygen atoms in total. The minimum Gasteiger partial charge on any atom is -0.384 e. The zero-order valence-electron chi connectivity index (χ0n) is 11.6. The topological polar surface area (TPSA) is 59.6 Å². The predicted molar refractivity (Wildman–Crippen MR) is 70.5 cm³/mol. The number of hydrogen-bond donors (Lipinski definition) is 2. The van der Waals surface area contributed by atoms with Crippen LogP contribution in [0.5, 0.6) is 0 Å². The standard InChI is InChI=1S/C13H26N2O3/c1-3-18-9-4-12(16)15-10-13(11-17-2)5-7-14-8-6-13/h14H,3-11H2,1-2H3,(H,15,16). The van der Waals surface area contributed by atoms with Crippen molar-refractivity contribution < 1.29 is 14.3 Å². The van der Waals surface area contributed by atoms with E-state index >= 15 is 0 Å². The smallest absolute Gasteiger partial charge is 0.222 e. The van der Waals surface area contributed by atoms with Crippen molar-refractivity contribution in [2.45, 2.75) is 26.2 Å². The highest BCUT2D eigenvalue weighted by Crippen LogP contribution is 2.28. The van der Waals surface area contributed by atoms with E-state index in [0.29, 0.717) is 32.8 Å². The van der Waals surface area contributed by atoms with Gasteiger partial charge in [0, 0.05) is 32.1 Å². The van der Waals surface area contributed by atoms with E-state index < -0.39 is 0 Å². The average Bonchev–Trinajstić information content (AvgIpc) is 2.38. The Bertz CT molecular complexity index is 235. The summed E-state index contributed by atoms with van der Waals surface area (Å²) in [6.45, 7) is 6.50. The molecule has 1 rings (SSSR count). The van der Waals surface area contributed by atoms with E-state index in [1.165, 1.54) is 0 Å². The monoisotopic (exact) mass is 258 g/mol. The fourth-order valence-corrected chi connectivity index (χ4v) is 2.32. The number of carbonyl (C=O) groups is 1. The molecular weight excluding hydrogens is 232 g/mol. The highest BCUT2D eigenvalue weighted by atomic mass is 16.5. The number of methoxy groups -OCH3 is 1. The molecule has 106 valence electrons. The van der Waals surface area contributed by atoms with Crippen LogP contribution in [0.4, 0.5) is 0 Å². The molecule has 1 fully saturated rings. The summed E-state index contributed by atoms with van der Waals surface area (Å²) >= 11 is 0. The quantitative estimate of drug-likeness (QED) is 0.624. The van der Waals surface area contributed by atoms with Crippen molar-refractivity contribution >= 4 is 5.91 Å². The SMILES string of the molecule is CCOCCC(=O)NCC1(COC)CCNCC1. The lowest BCUT2D eigenvalue weighted by atomic mass is 9.79. The fraction of sp³-hybridized carbons (Fsp3) is 0.923. The molecule has 0 bridgehead atoms. The summed E-state index contributed by atoms with van der Waals surface area (Å²) in [6.07, 6.45) is 2.54. The maximum absolute atomic E-state index is 11.7. The van der Waals surface area contributed by atoms with Crippen LogP contribution in [0, 0.1) is 5.41 Å². The van der Waals surface area contributed by atoms with Gasteiger partial charge in [-0.15, -0.1) is 0 Å². The largest absolute Gasteiger partial charge is 0.384 e. The van der Waals surface area contributed by atoms with E-state index in [0.717, 1.165) is 25.9 Å². The highest BCUT2D eigenvalue weighted by Gasteiger charge is 2.32. The third-order valence-electron chi connectivity index (χ3n) is 3.45. The zero-order valence-corrected chi connectivity index (χ0v) is 11.6. The Hall–Kier alpha value is -0.650. The lowest BCUT2D eigenvalue weighted by Crippen LogP contribution is -2.47. The lowest BCUT2D eigenvalue weighted by molar-refractivity contribution is -0.123. The molecule has 0 atom stereocenters. The molecule has 1 amide bonds. The number of piperidine rings is 1. The Morgan fingerprint density at radius 2 is 2.11 bits per heavy atom. The normalized spacial score (nSPS) is 18.6. The highest BCUT2D eigenvalue weighted by molar-refractivity contribution is 5.76. The van der Waals surface area contributed by atoms with Crippen molar-refractivity contribution in [3.05, 3.63) is 0 Å². The average molecular weight is 258 g/mol. The molecule has 0 unspecified atom stereocenters. The second-order valence-electron chi connectivity index (χ2n) is 4.91. The molecule has 2 N–H and O–H groups in total.